The first-order valence-electron chi connectivity index (χ1n) is 10.5. The summed E-state index contributed by atoms with van der Waals surface area (Å²) < 4.78 is 27.3. The van der Waals surface area contributed by atoms with Crippen LogP contribution in [0.4, 0.5) is 14.5 Å². The Hall–Kier alpha value is -2.94. The van der Waals surface area contributed by atoms with E-state index < -0.39 is 22.2 Å². The van der Waals surface area contributed by atoms with Crippen molar-refractivity contribution in [2.45, 2.75) is 52.1 Å². The molecule has 1 N–H and O–H groups in total. The van der Waals surface area contributed by atoms with Gasteiger partial charge < -0.3 is 5.32 Å². The Morgan fingerprint density at radius 1 is 1.23 bits per heavy atom. The summed E-state index contributed by atoms with van der Waals surface area (Å²) in [4.78, 5) is 29.0. The molecule has 0 aliphatic carbocycles. The zero-order chi connectivity index (χ0) is 22.4. The fraction of sp³-hybridized carbons (Fsp3) is 0.455. The predicted octanol–water partition coefficient (Wildman–Crippen LogP) is 4.14. The van der Waals surface area contributed by atoms with Crippen LogP contribution >= 0.6 is 0 Å². The molecule has 1 aromatic carbocycles. The van der Waals surface area contributed by atoms with Gasteiger partial charge in [-0.25, -0.2) is 9.37 Å². The van der Waals surface area contributed by atoms with Crippen LogP contribution < -0.4 is 5.32 Å². The van der Waals surface area contributed by atoms with Gasteiger partial charge in [-0.05, 0) is 30.2 Å². The molecule has 0 radical (unpaired) electrons. The first-order chi connectivity index (χ1) is 14.9. The number of nitro groups is 1. The number of nitrogens with one attached hydrogen (secondary N) is 1. The Morgan fingerprint density at radius 2 is 2.03 bits per heavy atom. The molecule has 166 valence electrons. The number of halogens is 2. The van der Waals surface area contributed by atoms with E-state index in [1.54, 1.807) is 6.07 Å². The van der Waals surface area contributed by atoms with Gasteiger partial charge in [-0.1, -0.05) is 32.3 Å². The number of nitro benzene ring substituents is 1. The van der Waals surface area contributed by atoms with Gasteiger partial charge in [-0.15, -0.1) is 0 Å². The third-order valence-electron chi connectivity index (χ3n) is 5.40. The minimum absolute atomic E-state index is 0.118. The minimum atomic E-state index is -1.44. The summed E-state index contributed by atoms with van der Waals surface area (Å²) in [7, 11) is 0. The molecule has 0 atom stereocenters. The van der Waals surface area contributed by atoms with E-state index in [-0.39, 0.29) is 18.0 Å². The zero-order valence-corrected chi connectivity index (χ0v) is 17.5. The topological polar surface area (TPSA) is 88.4 Å². The van der Waals surface area contributed by atoms with E-state index in [2.05, 4.69) is 17.2 Å². The van der Waals surface area contributed by atoms with Gasteiger partial charge in [0.1, 0.15) is 5.69 Å². The van der Waals surface area contributed by atoms with Crippen molar-refractivity contribution in [1.82, 2.24) is 15.2 Å². The van der Waals surface area contributed by atoms with Crippen LogP contribution in [0.25, 0.3) is 0 Å². The highest BCUT2D eigenvalue weighted by molar-refractivity contribution is 5.92. The summed E-state index contributed by atoms with van der Waals surface area (Å²) in [6.45, 7) is 3.87. The average Bonchev–Trinajstić information content (AvgIpc) is 2.75. The van der Waals surface area contributed by atoms with E-state index in [0.717, 1.165) is 43.0 Å². The van der Waals surface area contributed by atoms with Crippen LogP contribution in [-0.2, 0) is 19.5 Å². The van der Waals surface area contributed by atoms with E-state index in [9.17, 15) is 23.7 Å². The number of benzene rings is 1. The second-order valence-electron chi connectivity index (χ2n) is 7.71. The monoisotopic (exact) mass is 432 g/mol. The third-order valence-corrected chi connectivity index (χ3v) is 5.40. The summed E-state index contributed by atoms with van der Waals surface area (Å²) >= 11 is 0. The number of pyridine rings is 1. The first kappa shape index (κ1) is 22.7. The number of carbonyl (C=O) groups is 1. The van der Waals surface area contributed by atoms with Crippen LogP contribution in [-0.4, -0.2) is 33.8 Å². The highest BCUT2D eigenvalue weighted by Gasteiger charge is 2.27. The summed E-state index contributed by atoms with van der Waals surface area (Å²) in [5.74, 6) is -2.87. The number of rotatable bonds is 9. The zero-order valence-electron chi connectivity index (χ0n) is 17.5. The number of hydrogen-bond acceptors (Lipinski definition) is 5. The molecule has 31 heavy (non-hydrogen) atoms. The van der Waals surface area contributed by atoms with Gasteiger partial charge in [-0.2, -0.15) is 4.39 Å². The number of carbonyl (C=O) groups excluding carboxylic acids is 1. The molecule has 0 bridgehead atoms. The number of unbranched alkanes of at least 4 members (excludes halogenated alkanes) is 3. The molecule has 7 nitrogen and oxygen atoms in total. The van der Waals surface area contributed by atoms with Crippen molar-refractivity contribution in [2.75, 3.05) is 13.1 Å². The Bertz CT molecular complexity index is 968. The number of nitrogens with zero attached hydrogens (tertiary/aromatic N) is 3. The van der Waals surface area contributed by atoms with Crippen LogP contribution in [0.15, 0.2) is 24.3 Å². The van der Waals surface area contributed by atoms with E-state index in [1.807, 2.05) is 11.0 Å². The van der Waals surface area contributed by atoms with Gasteiger partial charge in [0.05, 0.1) is 4.92 Å². The fourth-order valence-corrected chi connectivity index (χ4v) is 3.73. The average molecular weight is 432 g/mol. The van der Waals surface area contributed by atoms with Gasteiger partial charge in [0.15, 0.2) is 5.82 Å². The summed E-state index contributed by atoms with van der Waals surface area (Å²) in [6, 6.07) is 5.66. The van der Waals surface area contributed by atoms with Crippen LogP contribution in [0.5, 0.6) is 0 Å². The van der Waals surface area contributed by atoms with E-state index in [4.69, 9.17) is 0 Å². The van der Waals surface area contributed by atoms with Gasteiger partial charge in [0.25, 0.3) is 5.91 Å². The maximum absolute atomic E-state index is 13.9. The van der Waals surface area contributed by atoms with E-state index >= 15 is 0 Å². The Kier molecular flexibility index (Phi) is 7.62. The first-order valence-corrected chi connectivity index (χ1v) is 10.5. The maximum atomic E-state index is 13.9. The lowest BCUT2D eigenvalue weighted by atomic mass is 10.0. The van der Waals surface area contributed by atoms with Crippen molar-refractivity contribution in [2.24, 2.45) is 0 Å². The molecule has 0 saturated carbocycles. The molecule has 1 aliphatic heterocycles. The molecule has 2 aromatic rings. The van der Waals surface area contributed by atoms with Crippen molar-refractivity contribution < 1.29 is 18.5 Å². The molecule has 0 spiro atoms. The second-order valence-corrected chi connectivity index (χ2v) is 7.71. The second kappa shape index (κ2) is 10.4. The molecule has 0 saturated heterocycles. The van der Waals surface area contributed by atoms with Crippen molar-refractivity contribution >= 4 is 11.6 Å². The highest BCUT2D eigenvalue weighted by atomic mass is 19.2. The molecule has 1 amide bonds. The third kappa shape index (κ3) is 5.61. The molecule has 1 aromatic heterocycles. The molecule has 2 heterocycles. The molecule has 0 unspecified atom stereocenters. The Balaban J connectivity index is 1.64. The SMILES string of the molecule is CCCCCCNC(=O)c1ccc2c(n1)CCN(Cc1ccc(F)c(F)c1[N+](=O)[O-])C2. The smallest absolute Gasteiger partial charge is 0.312 e. The summed E-state index contributed by atoms with van der Waals surface area (Å²) in [5.41, 5.74) is 1.40. The van der Waals surface area contributed by atoms with Crippen LogP contribution in [0.1, 0.15) is 59.9 Å². The lowest BCUT2D eigenvalue weighted by molar-refractivity contribution is -0.388. The Morgan fingerprint density at radius 3 is 2.77 bits per heavy atom. The van der Waals surface area contributed by atoms with E-state index in [0.29, 0.717) is 31.7 Å². The molecule has 1 aliphatic rings. The van der Waals surface area contributed by atoms with Gasteiger partial charge in [0.2, 0.25) is 5.82 Å². The number of amides is 1. The lowest BCUT2D eigenvalue weighted by Crippen LogP contribution is -2.32. The molecule has 0 fully saturated rings. The largest absolute Gasteiger partial charge is 0.351 e. The van der Waals surface area contributed by atoms with E-state index in [1.165, 1.54) is 6.07 Å². The van der Waals surface area contributed by atoms with Crippen LogP contribution in [0, 0.1) is 21.7 Å². The van der Waals surface area contributed by atoms with Crippen LogP contribution in [0.2, 0.25) is 0 Å². The normalized spacial score (nSPS) is 13.6. The quantitative estimate of drug-likeness (QED) is 0.366. The molecule has 3 rings (SSSR count). The Labute approximate surface area is 179 Å². The number of fused-ring (bicyclic) bond motifs is 1. The van der Waals surface area contributed by atoms with Crippen molar-refractivity contribution in [3.63, 3.8) is 0 Å². The summed E-state index contributed by atoms with van der Waals surface area (Å²) in [6.07, 6.45) is 4.87. The minimum Gasteiger partial charge on any atom is -0.351 e. The number of aromatic nitrogens is 1. The highest BCUT2D eigenvalue weighted by Crippen LogP contribution is 2.28. The fourth-order valence-electron chi connectivity index (χ4n) is 3.73. The summed E-state index contributed by atoms with van der Waals surface area (Å²) in [5, 5.41) is 14.1. The molecular formula is C22H26F2N4O3. The van der Waals surface area contributed by atoms with Gasteiger partial charge in [0, 0.05) is 43.9 Å². The van der Waals surface area contributed by atoms with Crippen molar-refractivity contribution in [1.29, 1.82) is 0 Å². The van der Waals surface area contributed by atoms with Crippen LogP contribution in [0.3, 0.4) is 0 Å². The number of hydrogen-bond donors (Lipinski definition) is 1. The van der Waals surface area contributed by atoms with Gasteiger partial charge in [-0.3, -0.25) is 19.8 Å². The van der Waals surface area contributed by atoms with Crippen molar-refractivity contribution in [3.05, 3.63) is 68.5 Å². The molecular weight excluding hydrogens is 406 g/mol. The van der Waals surface area contributed by atoms with Gasteiger partial charge >= 0.3 is 5.69 Å². The van der Waals surface area contributed by atoms with Crippen molar-refractivity contribution in [3.8, 4) is 0 Å². The molecule has 9 heteroatoms. The lowest BCUT2D eigenvalue weighted by Gasteiger charge is -2.28. The maximum Gasteiger partial charge on any atom is 0.312 e. The standard InChI is InChI=1S/C22H26F2N4O3/c1-2-3-4-5-11-25-22(29)19-9-7-15-13-27(12-10-18(15)26-19)14-16-6-8-17(23)20(24)21(16)28(30)31/h6-9H,2-5,10-14H2,1H3,(H,25,29). The predicted molar refractivity (Wildman–Crippen MR) is 112 cm³/mol.